The first kappa shape index (κ1) is 53.5. The molecule has 0 unspecified atom stereocenters. The molecule has 0 saturated carbocycles. The van der Waals surface area contributed by atoms with Gasteiger partial charge in [0.05, 0.1) is 12.5 Å². The summed E-state index contributed by atoms with van der Waals surface area (Å²) in [5, 5.41) is 0. The molecule has 0 amide bonds. The van der Waals surface area contributed by atoms with Crippen molar-refractivity contribution in [2.24, 2.45) is 5.92 Å². The molecule has 0 heterocycles. The zero-order chi connectivity index (χ0) is 39.1. The van der Waals surface area contributed by atoms with E-state index in [2.05, 4.69) is 20.8 Å². The number of hydrogen-bond acceptors (Lipinski definition) is 2. The molecule has 0 bridgehead atoms. The second kappa shape index (κ2) is 48.6. The van der Waals surface area contributed by atoms with Gasteiger partial charge in [0.1, 0.15) is 0 Å². The van der Waals surface area contributed by atoms with Crippen LogP contribution in [0.5, 0.6) is 0 Å². The first-order valence-electron chi connectivity index (χ1n) is 25.9. The zero-order valence-corrected chi connectivity index (χ0v) is 38.1. The van der Waals surface area contributed by atoms with E-state index in [1.54, 1.807) is 0 Å². The topological polar surface area (TPSA) is 26.3 Å². The quantitative estimate of drug-likeness (QED) is 0.0456. The van der Waals surface area contributed by atoms with Crippen LogP contribution in [-0.4, -0.2) is 12.6 Å². The number of carbonyl (C=O) groups excluding carboxylic acids is 1. The lowest BCUT2D eigenvalue weighted by Gasteiger charge is -2.16. The Morgan fingerprint density at radius 1 is 0.278 bits per heavy atom. The lowest BCUT2D eigenvalue weighted by atomic mass is 9.94. The van der Waals surface area contributed by atoms with Crippen molar-refractivity contribution in [3.63, 3.8) is 0 Å². The highest BCUT2D eigenvalue weighted by molar-refractivity contribution is 5.72. The van der Waals surface area contributed by atoms with Gasteiger partial charge in [0.25, 0.3) is 0 Å². The van der Waals surface area contributed by atoms with Crippen molar-refractivity contribution >= 4 is 5.97 Å². The third-order valence-electron chi connectivity index (χ3n) is 12.4. The van der Waals surface area contributed by atoms with E-state index in [9.17, 15) is 4.79 Å². The molecule has 2 heteroatoms. The number of hydrogen-bond donors (Lipinski definition) is 0. The molecule has 0 aromatic carbocycles. The second-order valence-electron chi connectivity index (χ2n) is 17.9. The van der Waals surface area contributed by atoms with Crippen LogP contribution < -0.4 is 0 Å². The normalized spacial score (nSPS) is 11.6. The molecule has 0 aliphatic carbocycles. The van der Waals surface area contributed by atoms with E-state index in [-0.39, 0.29) is 11.9 Å². The van der Waals surface area contributed by atoms with Gasteiger partial charge in [-0.25, -0.2) is 0 Å². The Balaban J connectivity index is 4.05. The van der Waals surface area contributed by atoms with Crippen LogP contribution in [0.2, 0.25) is 0 Å². The summed E-state index contributed by atoms with van der Waals surface area (Å²) in [5.41, 5.74) is 0. The molecule has 0 fully saturated rings. The van der Waals surface area contributed by atoms with Gasteiger partial charge in [-0.3, -0.25) is 4.79 Å². The smallest absolute Gasteiger partial charge is 0.308 e. The van der Waals surface area contributed by atoms with Gasteiger partial charge in [-0.15, -0.1) is 0 Å². The van der Waals surface area contributed by atoms with Crippen molar-refractivity contribution in [3.8, 4) is 0 Å². The Morgan fingerprint density at radius 2 is 0.463 bits per heavy atom. The molecule has 324 valence electrons. The largest absolute Gasteiger partial charge is 0.465 e. The standard InChI is InChI=1S/C52H104O2/c1-4-7-10-13-16-19-22-25-28-29-32-35-38-41-44-47-50-54-52(53)51(48-45-42-39-36-33-30-26-23-20-17-14-11-8-5-2)49-46-43-40-37-34-31-27-24-21-18-15-12-9-6-3/h51H,4-50H2,1-3H3. The van der Waals surface area contributed by atoms with Crippen LogP contribution in [0.15, 0.2) is 0 Å². The number of esters is 1. The Labute approximate surface area is 343 Å². The van der Waals surface area contributed by atoms with Crippen LogP contribution in [0, 0.1) is 5.92 Å². The Bertz CT molecular complexity index is 641. The SMILES string of the molecule is CCCCCCCCCCCCCCCCCCOC(=O)C(CCCCCCCCCCCCCCCC)CCCCCCCCCCCCCCCC. The number of unbranched alkanes of at least 4 members (excludes halogenated alkanes) is 41. The van der Waals surface area contributed by atoms with E-state index >= 15 is 0 Å². The third kappa shape index (κ3) is 44.2. The van der Waals surface area contributed by atoms with E-state index in [1.165, 1.54) is 276 Å². The fourth-order valence-corrected chi connectivity index (χ4v) is 8.49. The highest BCUT2D eigenvalue weighted by Crippen LogP contribution is 2.22. The predicted octanol–water partition coefficient (Wildman–Crippen LogP) is 19.2. The number of carbonyl (C=O) groups is 1. The molecule has 0 rings (SSSR count). The molecule has 0 radical (unpaired) electrons. The van der Waals surface area contributed by atoms with Gasteiger partial charge in [-0.1, -0.05) is 297 Å². The molecule has 0 aliphatic heterocycles. The van der Waals surface area contributed by atoms with Crippen molar-refractivity contribution in [1.82, 2.24) is 0 Å². The zero-order valence-electron chi connectivity index (χ0n) is 38.1. The molecule has 0 aromatic heterocycles. The summed E-state index contributed by atoms with van der Waals surface area (Å²) in [5.74, 6) is 0.265. The van der Waals surface area contributed by atoms with Gasteiger partial charge >= 0.3 is 5.97 Å². The molecule has 2 nitrogen and oxygen atoms in total. The minimum Gasteiger partial charge on any atom is -0.465 e. The molecular weight excluding hydrogens is 657 g/mol. The Kier molecular flexibility index (Phi) is 48.1. The van der Waals surface area contributed by atoms with Crippen LogP contribution in [0.25, 0.3) is 0 Å². The minimum atomic E-state index is 0.125. The average molecular weight is 761 g/mol. The van der Waals surface area contributed by atoms with Crippen LogP contribution >= 0.6 is 0 Å². The summed E-state index contributed by atoms with van der Waals surface area (Å²) >= 11 is 0. The molecule has 54 heavy (non-hydrogen) atoms. The monoisotopic (exact) mass is 761 g/mol. The highest BCUT2D eigenvalue weighted by atomic mass is 16.5. The summed E-state index contributed by atoms with van der Waals surface area (Å²) in [7, 11) is 0. The second-order valence-corrected chi connectivity index (χ2v) is 17.9. The number of ether oxygens (including phenoxy) is 1. The maximum atomic E-state index is 13.2. The van der Waals surface area contributed by atoms with Crippen molar-refractivity contribution in [1.29, 1.82) is 0 Å². The summed E-state index contributed by atoms with van der Waals surface area (Å²) < 4.78 is 5.92. The van der Waals surface area contributed by atoms with Gasteiger partial charge in [0, 0.05) is 0 Å². The summed E-state index contributed by atoms with van der Waals surface area (Å²) in [4.78, 5) is 13.2. The highest BCUT2D eigenvalue weighted by Gasteiger charge is 2.19. The molecular formula is C52H104O2. The molecule has 0 spiro atoms. The van der Waals surface area contributed by atoms with E-state index in [1.807, 2.05) is 0 Å². The molecule has 0 saturated heterocycles. The minimum absolute atomic E-state index is 0.125. The van der Waals surface area contributed by atoms with E-state index in [0.717, 1.165) is 19.3 Å². The Hall–Kier alpha value is -0.530. The molecule has 0 N–H and O–H groups in total. The maximum absolute atomic E-state index is 13.2. The fourth-order valence-electron chi connectivity index (χ4n) is 8.49. The summed E-state index contributed by atoms with van der Waals surface area (Å²) in [6.45, 7) is 7.55. The van der Waals surface area contributed by atoms with Crippen molar-refractivity contribution in [3.05, 3.63) is 0 Å². The van der Waals surface area contributed by atoms with E-state index in [0.29, 0.717) is 6.61 Å². The lowest BCUT2D eigenvalue weighted by molar-refractivity contribution is -0.149. The van der Waals surface area contributed by atoms with Crippen LogP contribution in [0.1, 0.15) is 316 Å². The van der Waals surface area contributed by atoms with Crippen LogP contribution in [0.3, 0.4) is 0 Å². The van der Waals surface area contributed by atoms with Crippen molar-refractivity contribution < 1.29 is 9.53 Å². The van der Waals surface area contributed by atoms with Crippen LogP contribution in [0.4, 0.5) is 0 Å². The van der Waals surface area contributed by atoms with Gasteiger partial charge in [-0.2, -0.15) is 0 Å². The molecule has 0 aliphatic rings. The summed E-state index contributed by atoms with van der Waals surface area (Å²) in [6, 6.07) is 0. The van der Waals surface area contributed by atoms with E-state index < -0.39 is 0 Å². The maximum Gasteiger partial charge on any atom is 0.308 e. The lowest BCUT2D eigenvalue weighted by Crippen LogP contribution is -2.18. The van der Waals surface area contributed by atoms with Gasteiger partial charge < -0.3 is 4.74 Å². The van der Waals surface area contributed by atoms with Crippen LogP contribution in [-0.2, 0) is 9.53 Å². The van der Waals surface area contributed by atoms with Gasteiger partial charge in [0.15, 0.2) is 0 Å². The predicted molar refractivity (Wildman–Crippen MR) is 244 cm³/mol. The third-order valence-corrected chi connectivity index (χ3v) is 12.4. The molecule has 0 atom stereocenters. The Morgan fingerprint density at radius 3 is 0.685 bits per heavy atom. The van der Waals surface area contributed by atoms with Crippen molar-refractivity contribution in [2.45, 2.75) is 316 Å². The molecule has 0 aromatic rings. The van der Waals surface area contributed by atoms with Crippen molar-refractivity contribution in [2.75, 3.05) is 6.61 Å². The number of rotatable bonds is 48. The van der Waals surface area contributed by atoms with E-state index in [4.69, 9.17) is 4.74 Å². The average Bonchev–Trinajstić information content (AvgIpc) is 3.18. The first-order valence-corrected chi connectivity index (χ1v) is 25.9. The van der Waals surface area contributed by atoms with Gasteiger partial charge in [0.2, 0.25) is 0 Å². The van der Waals surface area contributed by atoms with Gasteiger partial charge in [-0.05, 0) is 19.3 Å². The summed E-state index contributed by atoms with van der Waals surface area (Å²) in [6.07, 6.45) is 63.0. The first-order chi connectivity index (χ1) is 26.8. The fraction of sp³-hybridized carbons (Fsp3) is 0.981.